The van der Waals surface area contributed by atoms with Crippen LogP contribution in [0.15, 0.2) is 24.3 Å². The monoisotopic (exact) mass is 566 g/mol. The van der Waals surface area contributed by atoms with Crippen LogP contribution in [0.5, 0.6) is 0 Å². The average molecular weight is 567 g/mol. The summed E-state index contributed by atoms with van der Waals surface area (Å²) in [5.74, 6) is 12.9. The Hall–Kier alpha value is -2.78. The van der Waals surface area contributed by atoms with Crippen LogP contribution in [0.3, 0.4) is 0 Å². The van der Waals surface area contributed by atoms with Crippen molar-refractivity contribution in [1.82, 2.24) is 0 Å². The molecule has 0 aliphatic heterocycles. The number of aryl methyl sites for hydroxylation is 4. The molecule has 0 aromatic heterocycles. The summed E-state index contributed by atoms with van der Waals surface area (Å²) in [5.41, 5.74) is 7.64. The first-order valence-corrected chi connectivity index (χ1v) is 16.9. The minimum atomic E-state index is -0.160. The van der Waals surface area contributed by atoms with Gasteiger partial charge in [0.2, 0.25) is 0 Å². The number of aliphatic hydroxyl groups excluding tert-OH is 2. The van der Waals surface area contributed by atoms with Gasteiger partial charge in [-0.05, 0) is 108 Å². The Bertz CT molecular complexity index is 1410. The highest BCUT2D eigenvalue weighted by atomic mass is 16.3. The summed E-state index contributed by atoms with van der Waals surface area (Å²) in [6, 6.07) is 9.58. The molecule has 0 spiro atoms. The number of rotatable bonds is 16. The second kappa shape index (κ2) is 18.7. The third-order valence-corrected chi connectivity index (χ3v) is 8.48. The van der Waals surface area contributed by atoms with Crippen LogP contribution in [-0.2, 0) is 25.7 Å². The van der Waals surface area contributed by atoms with Crippen LogP contribution in [0.2, 0.25) is 0 Å². The fourth-order valence-corrected chi connectivity index (χ4v) is 6.25. The number of unbranched alkanes of at least 4 members (excludes halogenated alkanes) is 8. The summed E-state index contributed by atoms with van der Waals surface area (Å²) >= 11 is 0. The number of aliphatic hydroxyl groups is 2. The van der Waals surface area contributed by atoms with E-state index in [1.165, 1.54) is 98.3 Å². The van der Waals surface area contributed by atoms with Crippen molar-refractivity contribution in [1.29, 1.82) is 0 Å². The second-order valence-electron chi connectivity index (χ2n) is 11.8. The third kappa shape index (κ3) is 9.11. The Balaban J connectivity index is 2.45. The van der Waals surface area contributed by atoms with Crippen molar-refractivity contribution >= 4 is 21.5 Å². The largest absolute Gasteiger partial charge is 0.384 e. The fraction of sp³-hybridized carbons (Fsp3) is 0.550. The Morgan fingerprint density at radius 3 is 1.43 bits per heavy atom. The summed E-state index contributed by atoms with van der Waals surface area (Å²) in [4.78, 5) is 0. The van der Waals surface area contributed by atoms with E-state index >= 15 is 0 Å². The van der Waals surface area contributed by atoms with Crippen LogP contribution in [0.4, 0.5) is 0 Å². The molecule has 3 rings (SSSR count). The van der Waals surface area contributed by atoms with Gasteiger partial charge >= 0.3 is 0 Å². The number of hydrogen-bond donors (Lipinski definition) is 2. The molecule has 2 N–H and O–H groups in total. The lowest BCUT2D eigenvalue weighted by atomic mass is 9.84. The van der Waals surface area contributed by atoms with Gasteiger partial charge in [0.15, 0.2) is 0 Å². The van der Waals surface area contributed by atoms with E-state index in [0.717, 1.165) is 59.4 Å². The molecule has 0 aliphatic carbocycles. The standard InChI is InChI=1S/C40H54O2/c1-5-9-13-19-31-27-34(22-16-12-8-4)40-36(24-18-26-42)38-30-33(21-15-11-7-3)32(20-14-10-6-2)29-37(38)35(23-17-25-41)39(40)28-31/h27-30,41-42H,5-16,19-22,25-26H2,1-4H3. The molecule has 0 unspecified atom stereocenters. The molecule has 0 amide bonds. The highest BCUT2D eigenvalue weighted by Crippen LogP contribution is 2.38. The maximum absolute atomic E-state index is 9.79. The van der Waals surface area contributed by atoms with Crippen LogP contribution < -0.4 is 0 Å². The molecule has 0 saturated carbocycles. The van der Waals surface area contributed by atoms with Crippen molar-refractivity contribution in [2.24, 2.45) is 0 Å². The van der Waals surface area contributed by atoms with Gasteiger partial charge in [-0.2, -0.15) is 0 Å². The minimum absolute atomic E-state index is 0.159. The Morgan fingerprint density at radius 2 is 0.929 bits per heavy atom. The predicted octanol–water partition coefficient (Wildman–Crippen LogP) is 9.61. The van der Waals surface area contributed by atoms with Gasteiger partial charge in [0.1, 0.15) is 13.2 Å². The van der Waals surface area contributed by atoms with Gasteiger partial charge < -0.3 is 10.2 Å². The lowest BCUT2D eigenvalue weighted by Crippen LogP contribution is -2.02. The molecule has 2 nitrogen and oxygen atoms in total. The van der Waals surface area contributed by atoms with E-state index in [1.807, 2.05) is 0 Å². The van der Waals surface area contributed by atoms with E-state index in [0.29, 0.717) is 0 Å². The van der Waals surface area contributed by atoms with Crippen molar-refractivity contribution in [3.8, 4) is 23.7 Å². The van der Waals surface area contributed by atoms with Crippen molar-refractivity contribution in [2.45, 2.75) is 130 Å². The SMILES string of the molecule is CCCCCc1cc(CCCCC)c2c(C#CCO)c3cc(CCCCC)c(CCCCC)cc3c(C#CCO)c2c1. The molecule has 0 aliphatic rings. The van der Waals surface area contributed by atoms with Crippen molar-refractivity contribution in [3.05, 3.63) is 57.6 Å². The molecule has 226 valence electrons. The van der Waals surface area contributed by atoms with Gasteiger partial charge in [-0.25, -0.2) is 0 Å². The van der Waals surface area contributed by atoms with Gasteiger partial charge in [-0.15, -0.1) is 0 Å². The van der Waals surface area contributed by atoms with E-state index < -0.39 is 0 Å². The Labute approximate surface area is 256 Å². The lowest BCUT2D eigenvalue weighted by molar-refractivity contribution is 0.350. The fourth-order valence-electron chi connectivity index (χ4n) is 6.25. The molecule has 0 bridgehead atoms. The van der Waals surface area contributed by atoms with Crippen LogP contribution in [0.1, 0.15) is 138 Å². The number of fused-ring (bicyclic) bond motifs is 2. The van der Waals surface area contributed by atoms with Crippen molar-refractivity contribution in [3.63, 3.8) is 0 Å². The molecule has 3 aromatic rings. The summed E-state index contributed by atoms with van der Waals surface area (Å²) in [7, 11) is 0. The van der Waals surface area contributed by atoms with E-state index in [-0.39, 0.29) is 13.2 Å². The smallest absolute Gasteiger partial charge is 0.104 e. The lowest BCUT2D eigenvalue weighted by Gasteiger charge is -2.19. The molecule has 0 saturated heterocycles. The van der Waals surface area contributed by atoms with E-state index in [9.17, 15) is 10.2 Å². The van der Waals surface area contributed by atoms with Crippen LogP contribution >= 0.6 is 0 Å². The second-order valence-corrected chi connectivity index (χ2v) is 11.8. The molecule has 0 heterocycles. The minimum Gasteiger partial charge on any atom is -0.384 e. The van der Waals surface area contributed by atoms with E-state index in [1.54, 1.807) is 0 Å². The Morgan fingerprint density at radius 1 is 0.476 bits per heavy atom. The molecule has 42 heavy (non-hydrogen) atoms. The molecule has 0 radical (unpaired) electrons. The zero-order chi connectivity index (χ0) is 30.2. The van der Waals surface area contributed by atoms with Gasteiger partial charge in [0, 0.05) is 16.5 Å². The van der Waals surface area contributed by atoms with Gasteiger partial charge in [0.25, 0.3) is 0 Å². The first kappa shape index (κ1) is 33.7. The van der Waals surface area contributed by atoms with Gasteiger partial charge in [0.05, 0.1) is 0 Å². The number of benzene rings is 3. The average Bonchev–Trinajstić information content (AvgIpc) is 2.99. The van der Waals surface area contributed by atoms with Gasteiger partial charge in [-0.1, -0.05) is 109 Å². The van der Waals surface area contributed by atoms with E-state index in [4.69, 9.17) is 0 Å². The molecule has 2 heteroatoms. The molecular weight excluding hydrogens is 512 g/mol. The highest BCUT2D eigenvalue weighted by molar-refractivity contribution is 6.11. The first-order chi connectivity index (χ1) is 20.6. The zero-order valence-corrected chi connectivity index (χ0v) is 26.9. The number of hydrogen-bond acceptors (Lipinski definition) is 2. The maximum atomic E-state index is 9.79. The molecule has 3 aromatic carbocycles. The summed E-state index contributed by atoms with van der Waals surface area (Å²) in [6.45, 7) is 8.72. The molecular formula is C40H54O2. The molecule has 0 fully saturated rings. The van der Waals surface area contributed by atoms with Crippen LogP contribution in [-0.4, -0.2) is 23.4 Å². The quantitative estimate of drug-likeness (QED) is 0.103. The normalized spacial score (nSPS) is 11.0. The first-order valence-electron chi connectivity index (χ1n) is 16.9. The van der Waals surface area contributed by atoms with Crippen molar-refractivity contribution < 1.29 is 10.2 Å². The zero-order valence-electron chi connectivity index (χ0n) is 26.9. The Kier molecular flexibility index (Phi) is 15.0. The van der Waals surface area contributed by atoms with Crippen LogP contribution in [0, 0.1) is 23.7 Å². The maximum Gasteiger partial charge on any atom is 0.104 e. The summed E-state index contributed by atoms with van der Waals surface area (Å²) < 4.78 is 0. The van der Waals surface area contributed by atoms with E-state index in [2.05, 4.69) is 75.6 Å². The molecule has 0 atom stereocenters. The summed E-state index contributed by atoms with van der Waals surface area (Å²) in [6.07, 6.45) is 18.6. The van der Waals surface area contributed by atoms with Gasteiger partial charge in [-0.3, -0.25) is 0 Å². The predicted molar refractivity (Wildman–Crippen MR) is 182 cm³/mol. The topological polar surface area (TPSA) is 40.5 Å². The highest BCUT2D eigenvalue weighted by Gasteiger charge is 2.19. The van der Waals surface area contributed by atoms with Crippen molar-refractivity contribution in [2.75, 3.05) is 13.2 Å². The van der Waals surface area contributed by atoms with Crippen LogP contribution in [0.25, 0.3) is 21.5 Å². The third-order valence-electron chi connectivity index (χ3n) is 8.48. The summed E-state index contributed by atoms with van der Waals surface area (Å²) in [5, 5.41) is 24.2.